The molecule has 1 aromatic rings. The van der Waals surface area contributed by atoms with Gasteiger partial charge in [-0.1, -0.05) is 18.2 Å². The SMILES string of the molecule is c1ccc2c(c1)OCCC2NC1CNC1. The smallest absolute Gasteiger partial charge is 0.124 e. The number of ether oxygens (including phenoxy) is 1. The molecule has 3 rings (SSSR count). The number of hydrogen-bond donors (Lipinski definition) is 2. The van der Waals surface area contributed by atoms with E-state index in [2.05, 4.69) is 28.8 Å². The summed E-state index contributed by atoms with van der Waals surface area (Å²) in [6.07, 6.45) is 1.08. The number of fused-ring (bicyclic) bond motifs is 1. The van der Waals surface area contributed by atoms with Crippen molar-refractivity contribution in [3.8, 4) is 5.75 Å². The Bertz CT molecular complexity index is 349. The van der Waals surface area contributed by atoms with Crippen LogP contribution in [0.25, 0.3) is 0 Å². The van der Waals surface area contributed by atoms with Crippen LogP contribution in [0.5, 0.6) is 5.75 Å². The topological polar surface area (TPSA) is 33.3 Å². The summed E-state index contributed by atoms with van der Waals surface area (Å²) >= 11 is 0. The van der Waals surface area contributed by atoms with Gasteiger partial charge in [-0.25, -0.2) is 0 Å². The van der Waals surface area contributed by atoms with Gasteiger partial charge in [0.05, 0.1) is 6.61 Å². The highest BCUT2D eigenvalue weighted by Crippen LogP contribution is 2.31. The van der Waals surface area contributed by atoms with Crippen LogP contribution >= 0.6 is 0 Å². The monoisotopic (exact) mass is 204 g/mol. The Hall–Kier alpha value is -1.06. The van der Waals surface area contributed by atoms with Crippen molar-refractivity contribution < 1.29 is 4.74 Å². The highest BCUT2D eigenvalue weighted by molar-refractivity contribution is 5.37. The maximum Gasteiger partial charge on any atom is 0.124 e. The Morgan fingerprint density at radius 3 is 2.93 bits per heavy atom. The standard InChI is InChI=1S/C12H16N2O/c1-2-4-12-10(3-1)11(5-6-15-12)14-9-7-13-8-9/h1-4,9,11,13-14H,5-8H2. The van der Waals surface area contributed by atoms with E-state index < -0.39 is 0 Å². The molecule has 3 heteroatoms. The largest absolute Gasteiger partial charge is 0.493 e. The molecular formula is C12H16N2O. The maximum atomic E-state index is 5.63. The summed E-state index contributed by atoms with van der Waals surface area (Å²) in [4.78, 5) is 0. The zero-order chi connectivity index (χ0) is 10.1. The third-order valence-corrected chi connectivity index (χ3v) is 3.18. The summed E-state index contributed by atoms with van der Waals surface area (Å²) in [6, 6.07) is 9.46. The summed E-state index contributed by atoms with van der Waals surface area (Å²) in [5.74, 6) is 1.05. The second-order valence-corrected chi connectivity index (χ2v) is 4.25. The van der Waals surface area contributed by atoms with Gasteiger partial charge in [0.2, 0.25) is 0 Å². The average molecular weight is 204 g/mol. The van der Waals surface area contributed by atoms with Crippen molar-refractivity contribution in [2.45, 2.75) is 18.5 Å². The van der Waals surface area contributed by atoms with Gasteiger partial charge in [-0.15, -0.1) is 0 Å². The van der Waals surface area contributed by atoms with Crippen LogP contribution in [0.3, 0.4) is 0 Å². The molecule has 0 aromatic heterocycles. The lowest BCUT2D eigenvalue weighted by atomic mass is 9.99. The quantitative estimate of drug-likeness (QED) is 0.756. The summed E-state index contributed by atoms with van der Waals surface area (Å²) in [5.41, 5.74) is 1.32. The van der Waals surface area contributed by atoms with E-state index in [-0.39, 0.29) is 0 Å². The van der Waals surface area contributed by atoms with Crippen molar-refractivity contribution in [2.24, 2.45) is 0 Å². The highest BCUT2D eigenvalue weighted by atomic mass is 16.5. The van der Waals surface area contributed by atoms with Gasteiger partial charge in [-0.05, 0) is 6.07 Å². The normalized spacial score (nSPS) is 25.2. The van der Waals surface area contributed by atoms with E-state index in [1.165, 1.54) is 5.56 Å². The molecule has 1 atom stereocenters. The molecule has 15 heavy (non-hydrogen) atoms. The lowest BCUT2D eigenvalue weighted by molar-refractivity contribution is 0.229. The first-order valence-electron chi connectivity index (χ1n) is 5.62. The lowest BCUT2D eigenvalue weighted by Gasteiger charge is -2.35. The summed E-state index contributed by atoms with van der Waals surface area (Å²) in [7, 11) is 0. The van der Waals surface area contributed by atoms with Gasteiger partial charge in [0.1, 0.15) is 5.75 Å². The molecule has 0 spiro atoms. The zero-order valence-corrected chi connectivity index (χ0v) is 8.70. The number of nitrogens with one attached hydrogen (secondary N) is 2. The Labute approximate surface area is 89.8 Å². The Kier molecular flexibility index (Phi) is 2.35. The zero-order valence-electron chi connectivity index (χ0n) is 8.70. The van der Waals surface area contributed by atoms with Crippen molar-refractivity contribution >= 4 is 0 Å². The second-order valence-electron chi connectivity index (χ2n) is 4.25. The molecule has 0 aliphatic carbocycles. The molecule has 2 heterocycles. The van der Waals surface area contributed by atoms with E-state index >= 15 is 0 Å². The fourth-order valence-electron chi connectivity index (χ4n) is 2.21. The Morgan fingerprint density at radius 1 is 1.27 bits per heavy atom. The number of hydrogen-bond acceptors (Lipinski definition) is 3. The third-order valence-electron chi connectivity index (χ3n) is 3.18. The fourth-order valence-corrected chi connectivity index (χ4v) is 2.21. The average Bonchev–Trinajstić information content (AvgIpc) is 2.23. The van der Waals surface area contributed by atoms with Crippen LogP contribution in [0.2, 0.25) is 0 Å². The molecule has 1 fully saturated rings. The molecule has 0 saturated carbocycles. The van der Waals surface area contributed by atoms with Crippen molar-refractivity contribution in [3.63, 3.8) is 0 Å². The lowest BCUT2D eigenvalue weighted by Crippen LogP contribution is -2.56. The molecule has 0 amide bonds. The van der Waals surface area contributed by atoms with Gasteiger partial charge >= 0.3 is 0 Å². The third kappa shape index (κ3) is 1.73. The molecule has 2 N–H and O–H groups in total. The number of benzene rings is 1. The molecule has 1 saturated heterocycles. The van der Waals surface area contributed by atoms with E-state index in [1.807, 2.05) is 6.07 Å². The first-order chi connectivity index (χ1) is 7.43. The van der Waals surface area contributed by atoms with Crippen LogP contribution in [0.1, 0.15) is 18.0 Å². The predicted octanol–water partition coefficient (Wildman–Crippen LogP) is 1.07. The van der Waals surface area contributed by atoms with Gasteiger partial charge in [-0.3, -0.25) is 0 Å². The van der Waals surface area contributed by atoms with Crippen LogP contribution in [0.4, 0.5) is 0 Å². The molecule has 1 unspecified atom stereocenters. The van der Waals surface area contributed by atoms with Gasteiger partial charge < -0.3 is 15.4 Å². The van der Waals surface area contributed by atoms with Crippen molar-refractivity contribution in [3.05, 3.63) is 29.8 Å². The van der Waals surface area contributed by atoms with E-state index in [1.54, 1.807) is 0 Å². The van der Waals surface area contributed by atoms with Gasteiger partial charge in [0.15, 0.2) is 0 Å². The first-order valence-corrected chi connectivity index (χ1v) is 5.62. The Balaban J connectivity index is 1.79. The minimum absolute atomic E-state index is 0.474. The van der Waals surface area contributed by atoms with E-state index in [0.29, 0.717) is 12.1 Å². The maximum absolute atomic E-state index is 5.63. The number of rotatable bonds is 2. The van der Waals surface area contributed by atoms with Gasteiger partial charge in [0.25, 0.3) is 0 Å². The molecule has 2 aliphatic rings. The minimum atomic E-state index is 0.474. The van der Waals surface area contributed by atoms with Crippen molar-refractivity contribution in [1.29, 1.82) is 0 Å². The van der Waals surface area contributed by atoms with Crippen LogP contribution < -0.4 is 15.4 Å². The molecular weight excluding hydrogens is 188 g/mol. The molecule has 80 valence electrons. The first kappa shape index (κ1) is 9.19. The molecule has 0 radical (unpaired) electrons. The highest BCUT2D eigenvalue weighted by Gasteiger charge is 2.25. The van der Waals surface area contributed by atoms with Crippen LogP contribution in [-0.4, -0.2) is 25.7 Å². The van der Waals surface area contributed by atoms with E-state index in [0.717, 1.165) is 31.9 Å². The van der Waals surface area contributed by atoms with Crippen molar-refractivity contribution in [2.75, 3.05) is 19.7 Å². The van der Waals surface area contributed by atoms with Gasteiger partial charge in [-0.2, -0.15) is 0 Å². The molecule has 3 nitrogen and oxygen atoms in total. The predicted molar refractivity (Wildman–Crippen MR) is 59.1 cm³/mol. The Morgan fingerprint density at radius 2 is 2.13 bits per heavy atom. The van der Waals surface area contributed by atoms with E-state index in [9.17, 15) is 0 Å². The number of para-hydroxylation sites is 1. The summed E-state index contributed by atoms with van der Waals surface area (Å²) in [5, 5.41) is 6.95. The molecule has 0 bridgehead atoms. The molecule has 2 aliphatic heterocycles. The van der Waals surface area contributed by atoms with E-state index in [4.69, 9.17) is 4.74 Å². The summed E-state index contributed by atoms with van der Waals surface area (Å²) in [6.45, 7) is 3.02. The summed E-state index contributed by atoms with van der Waals surface area (Å²) < 4.78 is 5.63. The van der Waals surface area contributed by atoms with Crippen LogP contribution in [0, 0.1) is 0 Å². The van der Waals surface area contributed by atoms with Crippen LogP contribution in [-0.2, 0) is 0 Å². The second kappa shape index (κ2) is 3.83. The molecule has 1 aromatic carbocycles. The van der Waals surface area contributed by atoms with Crippen molar-refractivity contribution in [1.82, 2.24) is 10.6 Å². The minimum Gasteiger partial charge on any atom is -0.493 e. The fraction of sp³-hybridized carbons (Fsp3) is 0.500. The van der Waals surface area contributed by atoms with Gasteiger partial charge in [0, 0.05) is 37.2 Å². The van der Waals surface area contributed by atoms with Crippen LogP contribution in [0.15, 0.2) is 24.3 Å².